The van der Waals surface area contributed by atoms with Gasteiger partial charge in [-0.3, -0.25) is 14.9 Å². The molecule has 2 atom stereocenters. The quantitative estimate of drug-likeness (QED) is 0.446. The average molecular weight is 232 g/mol. The summed E-state index contributed by atoms with van der Waals surface area (Å²) >= 11 is 5.73. The predicted octanol–water partition coefficient (Wildman–Crippen LogP) is 1.81. The van der Waals surface area contributed by atoms with Crippen molar-refractivity contribution in [2.24, 2.45) is 5.92 Å². The number of carboxylic acid groups (broad SMARTS) is 1. The van der Waals surface area contributed by atoms with E-state index in [0.717, 1.165) is 0 Å². The molecule has 1 aliphatic carbocycles. The maximum Gasteiger partial charge on any atom is 0.314 e. The van der Waals surface area contributed by atoms with Crippen LogP contribution in [0.25, 0.3) is 0 Å². The summed E-state index contributed by atoms with van der Waals surface area (Å²) in [6, 6.07) is 0. The fraction of sp³-hybridized carbons (Fsp3) is 0.444. The third-order valence-corrected chi connectivity index (χ3v) is 2.95. The monoisotopic (exact) mass is 231 g/mol. The van der Waals surface area contributed by atoms with E-state index >= 15 is 0 Å². The lowest BCUT2D eigenvalue weighted by molar-refractivity contribution is -0.537. The van der Waals surface area contributed by atoms with Gasteiger partial charge < -0.3 is 5.11 Å². The SMILES string of the molecule is CC1=CC(C)([N+](=O)[O-])C(Cl)=CC1C(=O)O. The molecule has 15 heavy (non-hydrogen) atoms. The summed E-state index contributed by atoms with van der Waals surface area (Å²) in [7, 11) is 0. The fourth-order valence-corrected chi connectivity index (χ4v) is 1.70. The van der Waals surface area contributed by atoms with E-state index in [0.29, 0.717) is 5.57 Å². The van der Waals surface area contributed by atoms with E-state index < -0.39 is 22.3 Å². The molecule has 0 aromatic heterocycles. The Morgan fingerprint density at radius 3 is 2.67 bits per heavy atom. The molecule has 0 spiro atoms. The van der Waals surface area contributed by atoms with Gasteiger partial charge in [-0.25, -0.2) is 0 Å². The molecule has 6 heteroatoms. The number of halogens is 1. The van der Waals surface area contributed by atoms with Crippen molar-refractivity contribution in [3.05, 3.63) is 32.9 Å². The van der Waals surface area contributed by atoms with E-state index in [4.69, 9.17) is 16.7 Å². The number of nitro groups is 1. The molecule has 0 aromatic carbocycles. The molecule has 0 radical (unpaired) electrons. The summed E-state index contributed by atoms with van der Waals surface area (Å²) in [5, 5.41) is 19.6. The van der Waals surface area contributed by atoms with Crippen LogP contribution in [0, 0.1) is 16.0 Å². The molecule has 0 saturated carbocycles. The van der Waals surface area contributed by atoms with Crippen molar-refractivity contribution in [1.29, 1.82) is 0 Å². The van der Waals surface area contributed by atoms with Crippen LogP contribution in [0.1, 0.15) is 13.8 Å². The number of aliphatic carboxylic acids is 1. The lowest BCUT2D eigenvalue weighted by atomic mass is 9.86. The average Bonchev–Trinajstić information content (AvgIpc) is 2.10. The van der Waals surface area contributed by atoms with Crippen LogP contribution in [0.15, 0.2) is 22.8 Å². The molecule has 0 amide bonds. The van der Waals surface area contributed by atoms with Crippen molar-refractivity contribution < 1.29 is 14.8 Å². The molecule has 1 N–H and O–H groups in total. The Bertz CT molecular complexity index is 388. The van der Waals surface area contributed by atoms with Crippen molar-refractivity contribution in [2.45, 2.75) is 19.4 Å². The van der Waals surface area contributed by atoms with Crippen LogP contribution in [0.5, 0.6) is 0 Å². The van der Waals surface area contributed by atoms with Gasteiger partial charge in [-0.05, 0) is 19.1 Å². The lowest BCUT2D eigenvalue weighted by Crippen LogP contribution is -2.37. The summed E-state index contributed by atoms with van der Waals surface area (Å²) in [6.45, 7) is 2.88. The van der Waals surface area contributed by atoms with Crippen molar-refractivity contribution >= 4 is 17.6 Å². The molecule has 0 heterocycles. The molecule has 0 aliphatic heterocycles. The van der Waals surface area contributed by atoms with Gasteiger partial charge in [0, 0.05) is 11.8 Å². The Morgan fingerprint density at radius 2 is 2.27 bits per heavy atom. The highest BCUT2D eigenvalue weighted by atomic mass is 35.5. The van der Waals surface area contributed by atoms with Gasteiger partial charge in [-0.15, -0.1) is 0 Å². The summed E-state index contributed by atoms with van der Waals surface area (Å²) in [4.78, 5) is 21.0. The summed E-state index contributed by atoms with van der Waals surface area (Å²) in [6.07, 6.45) is 2.50. The second kappa shape index (κ2) is 3.66. The molecular formula is C9H10ClNO4. The Kier molecular flexibility index (Phi) is 2.86. The van der Waals surface area contributed by atoms with Crippen molar-refractivity contribution in [3.8, 4) is 0 Å². The summed E-state index contributed by atoms with van der Waals surface area (Å²) < 4.78 is 0. The van der Waals surface area contributed by atoms with E-state index in [2.05, 4.69) is 0 Å². The van der Waals surface area contributed by atoms with Crippen molar-refractivity contribution in [2.75, 3.05) is 0 Å². The number of hydrogen-bond acceptors (Lipinski definition) is 3. The van der Waals surface area contributed by atoms with E-state index in [1.807, 2.05) is 0 Å². The largest absolute Gasteiger partial charge is 0.481 e. The van der Waals surface area contributed by atoms with Crippen LogP contribution in [0.4, 0.5) is 0 Å². The van der Waals surface area contributed by atoms with Crippen LogP contribution >= 0.6 is 11.6 Å². The molecule has 0 bridgehead atoms. The fourth-order valence-electron chi connectivity index (χ4n) is 1.45. The van der Waals surface area contributed by atoms with E-state index in [-0.39, 0.29) is 5.03 Å². The number of carboxylic acids is 1. The van der Waals surface area contributed by atoms with Crippen molar-refractivity contribution in [3.63, 3.8) is 0 Å². The molecule has 5 nitrogen and oxygen atoms in total. The maximum absolute atomic E-state index is 10.8. The zero-order valence-electron chi connectivity index (χ0n) is 8.23. The molecule has 1 aliphatic rings. The first kappa shape index (κ1) is 11.7. The molecule has 2 unspecified atom stereocenters. The third kappa shape index (κ3) is 1.87. The first-order valence-corrected chi connectivity index (χ1v) is 4.61. The minimum Gasteiger partial charge on any atom is -0.481 e. The predicted molar refractivity (Wildman–Crippen MR) is 54.2 cm³/mol. The van der Waals surface area contributed by atoms with Gasteiger partial charge in [0.1, 0.15) is 0 Å². The number of hydrogen-bond donors (Lipinski definition) is 1. The topological polar surface area (TPSA) is 80.4 Å². The molecular weight excluding hydrogens is 222 g/mol. The molecule has 82 valence electrons. The lowest BCUT2D eigenvalue weighted by Gasteiger charge is -2.24. The highest BCUT2D eigenvalue weighted by Crippen LogP contribution is 2.35. The van der Waals surface area contributed by atoms with E-state index in [9.17, 15) is 14.9 Å². The van der Waals surface area contributed by atoms with Gasteiger partial charge in [0.25, 0.3) is 5.54 Å². The van der Waals surface area contributed by atoms with Gasteiger partial charge in [0.2, 0.25) is 0 Å². The first-order chi connectivity index (χ1) is 6.79. The molecule has 0 fully saturated rings. The third-order valence-electron chi connectivity index (χ3n) is 2.44. The molecule has 0 aromatic rings. The first-order valence-electron chi connectivity index (χ1n) is 4.23. The van der Waals surface area contributed by atoms with Crippen LogP contribution in [-0.2, 0) is 4.79 Å². The highest BCUT2D eigenvalue weighted by molar-refractivity contribution is 6.31. The number of nitrogens with zero attached hydrogens (tertiary/aromatic N) is 1. The molecule has 1 rings (SSSR count). The second-order valence-corrected chi connectivity index (χ2v) is 4.03. The van der Waals surface area contributed by atoms with E-state index in [1.165, 1.54) is 19.1 Å². The highest BCUT2D eigenvalue weighted by Gasteiger charge is 2.43. The minimum absolute atomic E-state index is 0.0644. The zero-order valence-corrected chi connectivity index (χ0v) is 8.99. The molecule has 0 saturated heterocycles. The Labute approximate surface area is 91.2 Å². The summed E-state index contributed by atoms with van der Waals surface area (Å²) in [5.74, 6) is -1.93. The number of rotatable bonds is 2. The normalized spacial score (nSPS) is 30.5. The van der Waals surface area contributed by atoms with Crippen LogP contribution in [-0.4, -0.2) is 21.5 Å². The number of carbonyl (C=O) groups is 1. The maximum atomic E-state index is 10.8. The smallest absolute Gasteiger partial charge is 0.314 e. The standard InChI is InChI=1S/C9H10ClNO4/c1-5-4-9(2,11(14)15)7(10)3-6(5)8(12)13/h3-4,6H,1-2H3,(H,12,13). The zero-order chi connectivity index (χ0) is 11.8. The van der Waals surface area contributed by atoms with Gasteiger partial charge >= 0.3 is 5.97 Å². The van der Waals surface area contributed by atoms with Gasteiger partial charge in [-0.2, -0.15) is 0 Å². The van der Waals surface area contributed by atoms with Gasteiger partial charge in [0.15, 0.2) is 0 Å². The minimum atomic E-state index is -1.50. The van der Waals surface area contributed by atoms with Gasteiger partial charge in [-0.1, -0.05) is 17.2 Å². The second-order valence-electron chi connectivity index (χ2n) is 3.62. The Hall–Kier alpha value is -1.36. The Balaban J connectivity index is 3.19. The Morgan fingerprint density at radius 1 is 1.73 bits per heavy atom. The van der Waals surface area contributed by atoms with E-state index in [1.54, 1.807) is 6.92 Å². The van der Waals surface area contributed by atoms with Gasteiger partial charge in [0.05, 0.1) is 11.0 Å². The van der Waals surface area contributed by atoms with Crippen molar-refractivity contribution in [1.82, 2.24) is 0 Å². The van der Waals surface area contributed by atoms with Crippen LogP contribution < -0.4 is 0 Å². The van der Waals surface area contributed by atoms with Crippen LogP contribution in [0.3, 0.4) is 0 Å². The van der Waals surface area contributed by atoms with Crippen LogP contribution in [0.2, 0.25) is 0 Å². The summed E-state index contributed by atoms with van der Waals surface area (Å²) in [5.41, 5.74) is -1.08.